The number of aromatic nitrogens is 2. The molecule has 0 fully saturated rings. The van der Waals surface area contributed by atoms with Crippen molar-refractivity contribution in [3.8, 4) is 0 Å². The third-order valence-electron chi connectivity index (χ3n) is 3.68. The number of benzene rings is 1. The van der Waals surface area contributed by atoms with Crippen molar-refractivity contribution < 1.29 is 4.79 Å². The Morgan fingerprint density at radius 1 is 1.40 bits per heavy atom. The Labute approximate surface area is 124 Å². The topological polar surface area (TPSA) is 34.9 Å². The van der Waals surface area contributed by atoms with Gasteiger partial charge < -0.3 is 0 Å². The second-order valence-corrected chi connectivity index (χ2v) is 5.43. The molecule has 0 radical (unpaired) electrons. The Balaban J connectivity index is 2.36. The molecule has 1 aromatic carbocycles. The van der Waals surface area contributed by atoms with Crippen molar-refractivity contribution in [2.75, 3.05) is 0 Å². The van der Waals surface area contributed by atoms with E-state index in [4.69, 9.17) is 11.6 Å². The standard InChI is InChI=1S/C16H19ClN2O/c1-5-15-10(2)18-19(11(15)3)12(4)16(20)13-7-6-8-14(17)9-13/h6-9,12H,5H2,1-4H3. The number of hydrogen-bond acceptors (Lipinski definition) is 2. The van der Waals surface area contributed by atoms with Crippen LogP contribution < -0.4 is 0 Å². The molecule has 0 bridgehead atoms. The summed E-state index contributed by atoms with van der Waals surface area (Å²) < 4.78 is 1.82. The van der Waals surface area contributed by atoms with Crippen LogP contribution in [0.15, 0.2) is 24.3 Å². The summed E-state index contributed by atoms with van der Waals surface area (Å²) in [6.07, 6.45) is 0.926. The predicted octanol–water partition coefficient (Wildman–Crippen LogP) is 4.16. The van der Waals surface area contributed by atoms with Gasteiger partial charge in [-0.2, -0.15) is 5.10 Å². The zero-order valence-corrected chi connectivity index (χ0v) is 13.0. The molecule has 0 spiro atoms. The average molecular weight is 291 g/mol. The van der Waals surface area contributed by atoms with E-state index in [9.17, 15) is 4.79 Å². The van der Waals surface area contributed by atoms with Crippen LogP contribution in [0.1, 0.15) is 47.2 Å². The van der Waals surface area contributed by atoms with E-state index in [0.29, 0.717) is 10.6 Å². The van der Waals surface area contributed by atoms with Crippen LogP contribution in [-0.4, -0.2) is 15.6 Å². The maximum absolute atomic E-state index is 12.5. The van der Waals surface area contributed by atoms with Crippen LogP contribution in [-0.2, 0) is 6.42 Å². The number of carbonyl (C=O) groups excluding carboxylic acids is 1. The molecule has 0 saturated heterocycles. The summed E-state index contributed by atoms with van der Waals surface area (Å²) in [4.78, 5) is 12.5. The van der Waals surface area contributed by atoms with Gasteiger partial charge in [-0.3, -0.25) is 9.48 Å². The van der Waals surface area contributed by atoms with Gasteiger partial charge in [0.15, 0.2) is 5.78 Å². The molecule has 0 aliphatic carbocycles. The smallest absolute Gasteiger partial charge is 0.187 e. The molecular weight excluding hydrogens is 272 g/mol. The summed E-state index contributed by atoms with van der Waals surface area (Å²) >= 11 is 5.95. The minimum absolute atomic E-state index is 0.0285. The minimum Gasteiger partial charge on any atom is -0.292 e. The van der Waals surface area contributed by atoms with Gasteiger partial charge in [0.25, 0.3) is 0 Å². The van der Waals surface area contributed by atoms with Crippen molar-refractivity contribution in [3.05, 3.63) is 51.8 Å². The highest BCUT2D eigenvalue weighted by Gasteiger charge is 2.21. The summed E-state index contributed by atoms with van der Waals surface area (Å²) in [5, 5.41) is 5.09. The van der Waals surface area contributed by atoms with Crippen molar-refractivity contribution in [3.63, 3.8) is 0 Å². The molecule has 2 aromatic rings. The first-order valence-corrected chi connectivity index (χ1v) is 7.17. The molecule has 0 N–H and O–H groups in total. The van der Waals surface area contributed by atoms with Gasteiger partial charge in [-0.1, -0.05) is 30.7 Å². The highest BCUT2D eigenvalue weighted by atomic mass is 35.5. The normalized spacial score (nSPS) is 12.4. The number of aryl methyl sites for hydroxylation is 1. The summed E-state index contributed by atoms with van der Waals surface area (Å²) in [7, 11) is 0. The van der Waals surface area contributed by atoms with E-state index in [1.165, 1.54) is 5.56 Å². The van der Waals surface area contributed by atoms with Crippen LogP contribution in [0.5, 0.6) is 0 Å². The SMILES string of the molecule is CCc1c(C)nn(C(C)C(=O)c2cccc(Cl)c2)c1C. The maximum atomic E-state index is 12.5. The lowest BCUT2D eigenvalue weighted by Crippen LogP contribution is -2.19. The van der Waals surface area contributed by atoms with Crippen molar-refractivity contribution in [2.45, 2.75) is 40.2 Å². The summed E-state index contributed by atoms with van der Waals surface area (Å²) in [6, 6.07) is 6.72. The Morgan fingerprint density at radius 3 is 2.65 bits per heavy atom. The second kappa shape index (κ2) is 5.80. The van der Waals surface area contributed by atoms with Gasteiger partial charge in [0, 0.05) is 16.3 Å². The molecule has 2 rings (SSSR count). The van der Waals surface area contributed by atoms with Gasteiger partial charge in [-0.05, 0) is 44.9 Å². The molecule has 3 nitrogen and oxygen atoms in total. The monoisotopic (exact) mass is 290 g/mol. The fraction of sp³-hybridized carbons (Fsp3) is 0.375. The highest BCUT2D eigenvalue weighted by molar-refractivity contribution is 6.31. The lowest BCUT2D eigenvalue weighted by Gasteiger charge is -2.14. The van der Waals surface area contributed by atoms with E-state index in [0.717, 1.165) is 17.8 Å². The molecule has 0 aliphatic heterocycles. The van der Waals surface area contributed by atoms with Gasteiger partial charge in [0.2, 0.25) is 0 Å². The predicted molar refractivity (Wildman–Crippen MR) is 81.6 cm³/mol. The number of rotatable bonds is 4. The Kier molecular flexibility index (Phi) is 4.29. The highest BCUT2D eigenvalue weighted by Crippen LogP contribution is 2.22. The molecule has 0 saturated carbocycles. The molecule has 4 heteroatoms. The number of Topliss-reactive ketones (excluding diaryl/α,β-unsaturated/α-hetero) is 1. The minimum atomic E-state index is -0.326. The molecule has 0 amide bonds. The first-order valence-electron chi connectivity index (χ1n) is 6.80. The van der Waals surface area contributed by atoms with Gasteiger partial charge in [0.05, 0.1) is 5.69 Å². The molecular formula is C16H19ClN2O. The lowest BCUT2D eigenvalue weighted by atomic mass is 10.1. The van der Waals surface area contributed by atoms with Gasteiger partial charge in [-0.25, -0.2) is 0 Å². The van der Waals surface area contributed by atoms with Gasteiger partial charge in [-0.15, -0.1) is 0 Å². The van der Waals surface area contributed by atoms with Crippen LogP contribution in [0, 0.1) is 13.8 Å². The molecule has 1 atom stereocenters. The Hall–Kier alpha value is -1.61. The number of halogens is 1. The first-order chi connectivity index (χ1) is 9.45. The van der Waals surface area contributed by atoms with E-state index < -0.39 is 0 Å². The van der Waals surface area contributed by atoms with Crippen molar-refractivity contribution >= 4 is 17.4 Å². The van der Waals surface area contributed by atoms with Gasteiger partial charge in [0.1, 0.15) is 6.04 Å². The van der Waals surface area contributed by atoms with E-state index in [1.54, 1.807) is 24.3 Å². The van der Waals surface area contributed by atoms with Crippen molar-refractivity contribution in [1.29, 1.82) is 0 Å². The fourth-order valence-corrected chi connectivity index (χ4v) is 2.77. The Bertz CT molecular complexity index is 646. The molecule has 106 valence electrons. The second-order valence-electron chi connectivity index (χ2n) is 5.00. The van der Waals surface area contributed by atoms with Crippen LogP contribution in [0.4, 0.5) is 0 Å². The van der Waals surface area contributed by atoms with Crippen LogP contribution >= 0.6 is 11.6 Å². The molecule has 1 heterocycles. The van der Waals surface area contributed by atoms with E-state index in [1.807, 2.05) is 25.5 Å². The van der Waals surface area contributed by atoms with E-state index in [-0.39, 0.29) is 11.8 Å². The van der Waals surface area contributed by atoms with Crippen LogP contribution in [0.25, 0.3) is 0 Å². The number of nitrogens with zero attached hydrogens (tertiary/aromatic N) is 2. The zero-order chi connectivity index (χ0) is 14.9. The summed E-state index contributed by atoms with van der Waals surface area (Å²) in [5.74, 6) is 0.0285. The molecule has 1 unspecified atom stereocenters. The van der Waals surface area contributed by atoms with Crippen LogP contribution in [0.3, 0.4) is 0 Å². The fourth-order valence-electron chi connectivity index (χ4n) is 2.58. The largest absolute Gasteiger partial charge is 0.292 e. The van der Waals surface area contributed by atoms with E-state index >= 15 is 0 Å². The Morgan fingerprint density at radius 2 is 2.10 bits per heavy atom. The quantitative estimate of drug-likeness (QED) is 0.793. The average Bonchev–Trinajstić information content (AvgIpc) is 2.71. The molecule has 20 heavy (non-hydrogen) atoms. The van der Waals surface area contributed by atoms with Crippen molar-refractivity contribution in [2.24, 2.45) is 0 Å². The zero-order valence-electron chi connectivity index (χ0n) is 12.3. The third kappa shape index (κ3) is 2.63. The summed E-state index contributed by atoms with van der Waals surface area (Å²) in [6.45, 7) is 7.98. The number of carbonyl (C=O) groups is 1. The molecule has 1 aromatic heterocycles. The van der Waals surface area contributed by atoms with E-state index in [2.05, 4.69) is 12.0 Å². The van der Waals surface area contributed by atoms with Crippen molar-refractivity contribution in [1.82, 2.24) is 9.78 Å². The first kappa shape index (κ1) is 14.8. The number of hydrogen-bond donors (Lipinski definition) is 0. The van der Waals surface area contributed by atoms with Gasteiger partial charge >= 0.3 is 0 Å². The number of ketones is 1. The maximum Gasteiger partial charge on any atom is 0.187 e. The third-order valence-corrected chi connectivity index (χ3v) is 3.92. The molecule has 0 aliphatic rings. The summed E-state index contributed by atoms with van der Waals surface area (Å²) in [5.41, 5.74) is 3.90. The van der Waals surface area contributed by atoms with Crippen LogP contribution in [0.2, 0.25) is 5.02 Å². The lowest BCUT2D eigenvalue weighted by molar-refractivity contribution is 0.0926.